The van der Waals surface area contributed by atoms with Crippen molar-refractivity contribution >= 4 is 17.3 Å². The van der Waals surface area contributed by atoms with Gasteiger partial charge in [-0.3, -0.25) is 4.99 Å². The van der Waals surface area contributed by atoms with Crippen molar-refractivity contribution in [1.82, 2.24) is 15.2 Å². The second-order valence-electron chi connectivity index (χ2n) is 5.49. The standard InChI is InChI=1S/C17H24N4S/c1-12-6-8-15(9-7-12)11-21(5)17(18-4)19-10-16-20-13(2)14(3)22-16/h6-9H,10-11H2,1-5H3,(H,18,19). The van der Waals surface area contributed by atoms with Crippen molar-refractivity contribution in [2.45, 2.75) is 33.9 Å². The molecule has 1 aromatic carbocycles. The Morgan fingerprint density at radius 3 is 2.45 bits per heavy atom. The summed E-state index contributed by atoms with van der Waals surface area (Å²) in [5.74, 6) is 0.881. The van der Waals surface area contributed by atoms with E-state index in [9.17, 15) is 0 Å². The van der Waals surface area contributed by atoms with Crippen molar-refractivity contribution in [3.63, 3.8) is 0 Å². The second kappa shape index (κ2) is 7.40. The molecule has 0 fully saturated rings. The molecule has 1 aromatic heterocycles. The molecular formula is C17H24N4S. The predicted molar refractivity (Wildman–Crippen MR) is 94.4 cm³/mol. The van der Waals surface area contributed by atoms with Crippen molar-refractivity contribution in [2.24, 2.45) is 4.99 Å². The minimum Gasteiger partial charge on any atom is -0.350 e. The van der Waals surface area contributed by atoms with Crippen LogP contribution >= 0.6 is 11.3 Å². The maximum Gasteiger partial charge on any atom is 0.194 e. The maximum atomic E-state index is 4.55. The van der Waals surface area contributed by atoms with E-state index in [0.717, 1.165) is 23.2 Å². The quantitative estimate of drug-likeness (QED) is 0.695. The molecule has 0 saturated heterocycles. The molecule has 4 nitrogen and oxygen atoms in total. The Kier molecular flexibility index (Phi) is 5.55. The first kappa shape index (κ1) is 16.5. The Balaban J connectivity index is 1.94. The Hall–Kier alpha value is -1.88. The van der Waals surface area contributed by atoms with Gasteiger partial charge in [0.05, 0.1) is 12.2 Å². The number of rotatable bonds is 4. The number of hydrogen-bond donors (Lipinski definition) is 1. The van der Waals surface area contributed by atoms with Crippen LogP contribution in [0.25, 0.3) is 0 Å². The Morgan fingerprint density at radius 1 is 1.23 bits per heavy atom. The molecule has 1 heterocycles. The molecule has 0 spiro atoms. The van der Waals surface area contributed by atoms with Gasteiger partial charge in [-0.2, -0.15) is 0 Å². The number of nitrogens with zero attached hydrogens (tertiary/aromatic N) is 3. The summed E-state index contributed by atoms with van der Waals surface area (Å²) in [4.78, 5) is 12.3. The molecule has 0 saturated carbocycles. The molecule has 0 atom stereocenters. The zero-order valence-electron chi connectivity index (χ0n) is 14.0. The average Bonchev–Trinajstić information content (AvgIpc) is 2.81. The number of aliphatic imine (C=N–C) groups is 1. The number of thiazole rings is 1. The molecule has 0 radical (unpaired) electrons. The molecule has 0 aliphatic heterocycles. The van der Waals surface area contributed by atoms with Crippen molar-refractivity contribution in [3.8, 4) is 0 Å². The lowest BCUT2D eigenvalue weighted by Crippen LogP contribution is -2.38. The highest BCUT2D eigenvalue weighted by molar-refractivity contribution is 7.11. The van der Waals surface area contributed by atoms with E-state index >= 15 is 0 Å². The van der Waals surface area contributed by atoms with E-state index < -0.39 is 0 Å². The van der Waals surface area contributed by atoms with E-state index in [1.54, 1.807) is 11.3 Å². The van der Waals surface area contributed by atoms with E-state index in [1.807, 2.05) is 21.0 Å². The zero-order valence-corrected chi connectivity index (χ0v) is 14.8. The molecule has 0 aliphatic rings. The van der Waals surface area contributed by atoms with Gasteiger partial charge >= 0.3 is 0 Å². The van der Waals surface area contributed by atoms with Crippen LogP contribution in [0.4, 0.5) is 0 Å². The summed E-state index contributed by atoms with van der Waals surface area (Å²) in [5.41, 5.74) is 3.67. The summed E-state index contributed by atoms with van der Waals surface area (Å²) >= 11 is 1.74. The molecule has 5 heteroatoms. The predicted octanol–water partition coefficient (Wildman–Crippen LogP) is 3.28. The lowest BCUT2D eigenvalue weighted by Gasteiger charge is -2.22. The van der Waals surface area contributed by atoms with Crippen molar-refractivity contribution in [2.75, 3.05) is 14.1 Å². The highest BCUT2D eigenvalue weighted by Gasteiger charge is 2.09. The number of aryl methyl sites for hydroxylation is 3. The summed E-state index contributed by atoms with van der Waals surface area (Å²) in [6.45, 7) is 7.80. The van der Waals surface area contributed by atoms with Crippen LogP contribution in [-0.2, 0) is 13.1 Å². The van der Waals surface area contributed by atoms with Crippen molar-refractivity contribution < 1.29 is 0 Å². The van der Waals surface area contributed by atoms with Crippen LogP contribution in [0.3, 0.4) is 0 Å². The van der Waals surface area contributed by atoms with E-state index in [0.29, 0.717) is 6.54 Å². The fourth-order valence-electron chi connectivity index (χ4n) is 2.20. The molecule has 22 heavy (non-hydrogen) atoms. The monoisotopic (exact) mass is 316 g/mol. The van der Waals surface area contributed by atoms with Gasteiger partial charge in [-0.05, 0) is 26.3 Å². The van der Waals surface area contributed by atoms with Crippen LogP contribution < -0.4 is 5.32 Å². The SMILES string of the molecule is CN=C(NCc1nc(C)c(C)s1)N(C)Cc1ccc(C)cc1. The normalized spacial score (nSPS) is 11.6. The Morgan fingerprint density at radius 2 is 1.91 bits per heavy atom. The third-order valence-corrected chi connectivity index (χ3v) is 4.66. The first-order valence-corrected chi connectivity index (χ1v) is 8.21. The zero-order chi connectivity index (χ0) is 16.1. The van der Waals surface area contributed by atoms with Gasteiger partial charge in [-0.15, -0.1) is 11.3 Å². The molecular weight excluding hydrogens is 292 g/mol. The largest absolute Gasteiger partial charge is 0.350 e. The minimum absolute atomic E-state index is 0.713. The van der Waals surface area contributed by atoms with E-state index in [4.69, 9.17) is 0 Å². The minimum atomic E-state index is 0.713. The summed E-state index contributed by atoms with van der Waals surface area (Å²) in [7, 11) is 3.86. The summed E-state index contributed by atoms with van der Waals surface area (Å²) < 4.78 is 0. The topological polar surface area (TPSA) is 40.5 Å². The average molecular weight is 316 g/mol. The number of guanidine groups is 1. The summed E-state index contributed by atoms with van der Waals surface area (Å²) in [6, 6.07) is 8.60. The highest BCUT2D eigenvalue weighted by Crippen LogP contribution is 2.16. The number of hydrogen-bond acceptors (Lipinski definition) is 3. The van der Waals surface area contributed by atoms with E-state index in [2.05, 4.69) is 58.3 Å². The lowest BCUT2D eigenvalue weighted by molar-refractivity contribution is 0.476. The molecule has 0 bridgehead atoms. The number of nitrogens with one attached hydrogen (secondary N) is 1. The van der Waals surface area contributed by atoms with E-state index in [-0.39, 0.29) is 0 Å². The van der Waals surface area contributed by atoms with Crippen LogP contribution in [0, 0.1) is 20.8 Å². The molecule has 118 valence electrons. The summed E-state index contributed by atoms with van der Waals surface area (Å²) in [6.07, 6.45) is 0. The van der Waals surface area contributed by atoms with Crippen LogP contribution in [-0.4, -0.2) is 29.9 Å². The van der Waals surface area contributed by atoms with E-state index in [1.165, 1.54) is 16.0 Å². The molecule has 0 aliphatic carbocycles. The maximum absolute atomic E-state index is 4.55. The smallest absolute Gasteiger partial charge is 0.194 e. The van der Waals surface area contributed by atoms with Crippen LogP contribution in [0.5, 0.6) is 0 Å². The first-order chi connectivity index (χ1) is 10.5. The Bertz CT molecular complexity index is 624. The van der Waals surface area contributed by atoms with Gasteiger partial charge in [0.15, 0.2) is 5.96 Å². The molecule has 0 amide bonds. The van der Waals surface area contributed by atoms with Gasteiger partial charge in [0.1, 0.15) is 5.01 Å². The van der Waals surface area contributed by atoms with Gasteiger partial charge < -0.3 is 10.2 Å². The third-order valence-electron chi connectivity index (χ3n) is 3.58. The third kappa shape index (κ3) is 4.31. The molecule has 2 rings (SSSR count). The van der Waals surface area contributed by atoms with Gasteiger partial charge in [-0.1, -0.05) is 29.8 Å². The van der Waals surface area contributed by atoms with Crippen molar-refractivity contribution in [3.05, 3.63) is 51.0 Å². The van der Waals surface area contributed by atoms with Gasteiger partial charge in [0.25, 0.3) is 0 Å². The van der Waals surface area contributed by atoms with Gasteiger partial charge in [0, 0.05) is 25.5 Å². The number of benzene rings is 1. The van der Waals surface area contributed by atoms with Gasteiger partial charge in [0.2, 0.25) is 0 Å². The van der Waals surface area contributed by atoms with Crippen LogP contribution in [0.1, 0.15) is 26.7 Å². The fourth-order valence-corrected chi connectivity index (χ4v) is 3.07. The molecule has 1 N–H and O–H groups in total. The number of aromatic nitrogens is 1. The van der Waals surface area contributed by atoms with Crippen LogP contribution in [0.15, 0.2) is 29.3 Å². The molecule has 2 aromatic rings. The lowest BCUT2D eigenvalue weighted by atomic mass is 10.1. The first-order valence-electron chi connectivity index (χ1n) is 7.40. The second-order valence-corrected chi connectivity index (χ2v) is 6.78. The Labute approximate surface area is 136 Å². The fraction of sp³-hybridized carbons (Fsp3) is 0.412. The van der Waals surface area contributed by atoms with Gasteiger partial charge in [-0.25, -0.2) is 4.98 Å². The van der Waals surface area contributed by atoms with Crippen molar-refractivity contribution in [1.29, 1.82) is 0 Å². The highest BCUT2D eigenvalue weighted by atomic mass is 32.1. The summed E-state index contributed by atoms with van der Waals surface area (Å²) in [5, 5.41) is 4.48. The molecule has 0 unspecified atom stereocenters. The van der Waals surface area contributed by atoms with Crippen LogP contribution in [0.2, 0.25) is 0 Å².